The van der Waals surface area contributed by atoms with Crippen molar-refractivity contribution in [2.45, 2.75) is 25.3 Å². The highest BCUT2D eigenvalue weighted by Crippen LogP contribution is 2.42. The first-order valence-electron chi connectivity index (χ1n) is 7.31. The van der Waals surface area contributed by atoms with Crippen LogP contribution in [0.1, 0.15) is 24.0 Å². The minimum atomic E-state index is -1.10. The van der Waals surface area contributed by atoms with Crippen LogP contribution < -0.4 is 10.6 Å². The summed E-state index contributed by atoms with van der Waals surface area (Å²) < 4.78 is 0. The molecule has 2 aromatic carbocycles. The second-order valence-electron chi connectivity index (χ2n) is 5.66. The van der Waals surface area contributed by atoms with Crippen LogP contribution in [-0.4, -0.2) is 11.8 Å². The van der Waals surface area contributed by atoms with E-state index in [-0.39, 0.29) is 5.91 Å². The van der Waals surface area contributed by atoms with Gasteiger partial charge in [-0.3, -0.25) is 14.5 Å². The molecular formula is C18H18N2O2. The van der Waals surface area contributed by atoms with Gasteiger partial charge in [0.1, 0.15) is 0 Å². The molecule has 2 amide bonds. The maximum absolute atomic E-state index is 12.5. The first-order chi connectivity index (χ1) is 10.6. The van der Waals surface area contributed by atoms with Crippen molar-refractivity contribution in [3.63, 3.8) is 0 Å². The summed E-state index contributed by atoms with van der Waals surface area (Å²) in [4.78, 5) is 26.4. The number of benzene rings is 2. The van der Waals surface area contributed by atoms with Crippen LogP contribution in [0.5, 0.6) is 0 Å². The van der Waals surface area contributed by atoms with Crippen LogP contribution in [0.3, 0.4) is 0 Å². The van der Waals surface area contributed by atoms with Crippen molar-refractivity contribution in [3.05, 3.63) is 65.7 Å². The molecule has 1 aliphatic rings. The Morgan fingerprint density at radius 1 is 1.09 bits per heavy atom. The van der Waals surface area contributed by atoms with Gasteiger partial charge in [-0.15, -0.1) is 0 Å². The van der Waals surface area contributed by atoms with Crippen molar-refractivity contribution in [1.82, 2.24) is 0 Å². The number of carbonyl (C=O) groups is 2. The Morgan fingerprint density at radius 2 is 1.73 bits per heavy atom. The third-order valence-electron chi connectivity index (χ3n) is 4.28. The first kappa shape index (κ1) is 14.3. The van der Waals surface area contributed by atoms with E-state index in [1.807, 2.05) is 61.5 Å². The first-order valence-corrected chi connectivity index (χ1v) is 7.31. The molecule has 4 nitrogen and oxygen atoms in total. The highest BCUT2D eigenvalue weighted by molar-refractivity contribution is 6.06. The number of primary amides is 1. The quantitative estimate of drug-likeness (QED) is 0.945. The van der Waals surface area contributed by atoms with Crippen LogP contribution in [0.4, 0.5) is 5.69 Å². The van der Waals surface area contributed by atoms with Crippen molar-refractivity contribution in [2.75, 3.05) is 4.90 Å². The van der Waals surface area contributed by atoms with Crippen molar-refractivity contribution in [3.8, 4) is 0 Å². The standard InChI is InChI=1S/C18H18N2O2/c1-13-7-9-15(10-8-13)20-16(21)11-12-18(20,17(19)22)14-5-3-2-4-6-14/h2-10H,11-12H2,1H3,(H2,19,22)/t18-/m0/s1. The zero-order chi connectivity index (χ0) is 15.7. The van der Waals surface area contributed by atoms with Gasteiger partial charge in [-0.25, -0.2) is 0 Å². The zero-order valence-corrected chi connectivity index (χ0v) is 12.5. The molecule has 1 fully saturated rings. The van der Waals surface area contributed by atoms with Gasteiger partial charge in [0, 0.05) is 12.1 Å². The molecule has 0 aliphatic carbocycles. The maximum Gasteiger partial charge on any atom is 0.248 e. The zero-order valence-electron chi connectivity index (χ0n) is 12.5. The average Bonchev–Trinajstić information content (AvgIpc) is 2.88. The second-order valence-corrected chi connectivity index (χ2v) is 5.66. The van der Waals surface area contributed by atoms with Gasteiger partial charge in [-0.2, -0.15) is 0 Å². The fourth-order valence-electron chi connectivity index (χ4n) is 3.15. The van der Waals surface area contributed by atoms with Crippen LogP contribution in [0.25, 0.3) is 0 Å². The van der Waals surface area contributed by atoms with Crippen LogP contribution in [0, 0.1) is 6.92 Å². The summed E-state index contributed by atoms with van der Waals surface area (Å²) in [6.07, 6.45) is 0.713. The van der Waals surface area contributed by atoms with E-state index in [0.717, 1.165) is 11.1 Å². The predicted molar refractivity (Wildman–Crippen MR) is 85.2 cm³/mol. The van der Waals surface area contributed by atoms with Gasteiger partial charge in [0.15, 0.2) is 5.54 Å². The Morgan fingerprint density at radius 3 is 2.32 bits per heavy atom. The SMILES string of the molecule is Cc1ccc(N2C(=O)CC[C@@]2(C(N)=O)c2ccccc2)cc1. The third-order valence-corrected chi connectivity index (χ3v) is 4.28. The van der Waals surface area contributed by atoms with Gasteiger partial charge in [-0.1, -0.05) is 48.0 Å². The Labute approximate surface area is 129 Å². The lowest BCUT2D eigenvalue weighted by atomic mass is 9.86. The number of hydrogen-bond donors (Lipinski definition) is 1. The summed E-state index contributed by atoms with van der Waals surface area (Å²) in [6.45, 7) is 1.98. The van der Waals surface area contributed by atoms with E-state index < -0.39 is 11.4 Å². The van der Waals surface area contributed by atoms with Crippen molar-refractivity contribution < 1.29 is 9.59 Å². The van der Waals surface area contributed by atoms with Gasteiger partial charge in [-0.05, 0) is 31.0 Å². The third kappa shape index (κ3) is 2.08. The van der Waals surface area contributed by atoms with E-state index in [2.05, 4.69) is 0 Å². The van der Waals surface area contributed by atoms with E-state index in [0.29, 0.717) is 18.5 Å². The number of rotatable bonds is 3. The van der Waals surface area contributed by atoms with Crippen LogP contribution >= 0.6 is 0 Å². The average molecular weight is 294 g/mol. The summed E-state index contributed by atoms with van der Waals surface area (Å²) in [5, 5.41) is 0. The molecule has 1 heterocycles. The number of nitrogens with two attached hydrogens (primary N) is 1. The molecule has 0 bridgehead atoms. The topological polar surface area (TPSA) is 63.4 Å². The molecule has 0 saturated carbocycles. The molecule has 1 atom stereocenters. The second kappa shape index (κ2) is 5.30. The molecule has 1 saturated heterocycles. The minimum absolute atomic E-state index is 0.0773. The monoisotopic (exact) mass is 294 g/mol. The molecular weight excluding hydrogens is 276 g/mol. The van der Waals surface area contributed by atoms with Crippen molar-refractivity contribution >= 4 is 17.5 Å². The van der Waals surface area contributed by atoms with Gasteiger partial charge in [0.25, 0.3) is 0 Å². The lowest BCUT2D eigenvalue weighted by molar-refractivity contribution is -0.125. The van der Waals surface area contributed by atoms with E-state index >= 15 is 0 Å². The largest absolute Gasteiger partial charge is 0.367 e. The smallest absolute Gasteiger partial charge is 0.248 e. The van der Waals surface area contributed by atoms with Crippen LogP contribution in [0.15, 0.2) is 54.6 Å². The molecule has 4 heteroatoms. The Balaban J connectivity index is 2.18. The minimum Gasteiger partial charge on any atom is -0.367 e. The van der Waals surface area contributed by atoms with Crippen molar-refractivity contribution in [1.29, 1.82) is 0 Å². The Kier molecular flexibility index (Phi) is 3.45. The lowest BCUT2D eigenvalue weighted by Gasteiger charge is -2.36. The fourth-order valence-corrected chi connectivity index (χ4v) is 3.15. The molecule has 0 radical (unpaired) electrons. The predicted octanol–water partition coefficient (Wildman–Crippen LogP) is 2.50. The Bertz CT molecular complexity index is 710. The molecule has 2 aromatic rings. The fraction of sp³-hybridized carbons (Fsp3) is 0.222. The summed E-state index contributed by atoms with van der Waals surface area (Å²) in [7, 11) is 0. The molecule has 0 aromatic heterocycles. The van der Waals surface area contributed by atoms with Gasteiger partial charge in [0.2, 0.25) is 11.8 Å². The molecule has 3 rings (SSSR count). The van der Waals surface area contributed by atoms with E-state index in [1.54, 1.807) is 4.90 Å². The summed E-state index contributed by atoms with van der Waals surface area (Å²) in [5.41, 5.74) is 7.21. The van der Waals surface area contributed by atoms with Crippen molar-refractivity contribution in [2.24, 2.45) is 5.73 Å². The van der Waals surface area contributed by atoms with Crippen LogP contribution in [0.2, 0.25) is 0 Å². The van der Waals surface area contributed by atoms with E-state index in [9.17, 15) is 9.59 Å². The highest BCUT2D eigenvalue weighted by Gasteiger charge is 2.52. The van der Waals surface area contributed by atoms with E-state index in [1.165, 1.54) is 0 Å². The summed E-state index contributed by atoms with van der Waals surface area (Å²) >= 11 is 0. The molecule has 1 aliphatic heterocycles. The molecule has 22 heavy (non-hydrogen) atoms. The number of aryl methyl sites for hydroxylation is 1. The van der Waals surface area contributed by atoms with E-state index in [4.69, 9.17) is 5.73 Å². The number of hydrogen-bond acceptors (Lipinski definition) is 2. The molecule has 2 N–H and O–H groups in total. The van der Waals surface area contributed by atoms with Gasteiger partial charge >= 0.3 is 0 Å². The van der Waals surface area contributed by atoms with Gasteiger partial charge in [0.05, 0.1) is 0 Å². The number of nitrogens with zero attached hydrogens (tertiary/aromatic N) is 1. The summed E-state index contributed by atoms with van der Waals surface area (Å²) in [5.74, 6) is -0.573. The number of amides is 2. The highest BCUT2D eigenvalue weighted by atomic mass is 16.2. The summed E-state index contributed by atoms with van der Waals surface area (Å²) in [6, 6.07) is 16.9. The molecule has 0 spiro atoms. The Hall–Kier alpha value is -2.62. The number of carbonyl (C=O) groups excluding carboxylic acids is 2. The maximum atomic E-state index is 12.5. The number of anilines is 1. The lowest BCUT2D eigenvalue weighted by Crippen LogP contribution is -2.52. The van der Waals surface area contributed by atoms with Crippen LogP contribution in [-0.2, 0) is 15.1 Å². The molecule has 0 unspecified atom stereocenters. The molecule has 112 valence electrons. The van der Waals surface area contributed by atoms with Gasteiger partial charge < -0.3 is 5.73 Å². The normalized spacial score (nSPS) is 21.1.